The van der Waals surface area contributed by atoms with Crippen LogP contribution in [0.2, 0.25) is 0 Å². The predicted molar refractivity (Wildman–Crippen MR) is 274 cm³/mol. The van der Waals surface area contributed by atoms with Gasteiger partial charge in [0.1, 0.15) is 111 Å². The van der Waals surface area contributed by atoms with Crippen LogP contribution in [0.1, 0.15) is 11.1 Å². The van der Waals surface area contributed by atoms with Crippen molar-refractivity contribution in [2.75, 3.05) is 99.1 Å². The van der Waals surface area contributed by atoms with Crippen molar-refractivity contribution in [2.45, 2.75) is 0 Å². The monoisotopic (exact) mass is 1030 g/mol. The van der Waals surface area contributed by atoms with Gasteiger partial charge in [0.15, 0.2) is 23.0 Å². The molecule has 0 saturated carbocycles. The molecular weight excluding hydrogens is 965 g/mol. The molecule has 19 heteroatoms. The molecule has 0 fully saturated rings. The summed E-state index contributed by atoms with van der Waals surface area (Å²) in [6.45, 7) is 23.2. The molecule has 0 spiro atoms. The van der Waals surface area contributed by atoms with Crippen molar-refractivity contribution >= 4 is 34.9 Å². The molecule has 4 aromatic rings. The molecule has 0 aromatic heterocycles. The maximum Gasteiger partial charge on any atom is 0.336 e. The zero-order valence-electron chi connectivity index (χ0n) is 41.2. The molecule has 0 heterocycles. The molecule has 0 aliphatic rings. The molecule has 0 aliphatic carbocycles. The Hall–Kier alpha value is -8.04. The number of carbonyl (C=O) groups excluding carboxylic acids is 2. The first-order valence-electron chi connectivity index (χ1n) is 23.0. The predicted octanol–water partition coefficient (Wildman–Crippen LogP) is 9.23. The first-order chi connectivity index (χ1) is 36.4. The van der Waals surface area contributed by atoms with E-state index in [9.17, 15) is 9.59 Å². The average molecular weight is 1030 g/mol. The molecule has 0 saturated heterocycles. The Bertz CT molecular complexity index is 2460. The Balaban J connectivity index is 1.57. The van der Waals surface area contributed by atoms with Crippen molar-refractivity contribution in [1.29, 1.82) is 0 Å². The van der Waals surface area contributed by atoms with Gasteiger partial charge in [-0.25, -0.2) is 38.9 Å². The standard InChI is InChI=1S/C55H62O19/c1-7-27-67-70-39-36-62-49-22-18-42(52(63-34-31-59-11-5)55(49)66-38-41-72-69-29-9-3)19-25-50(56)73-46-23-24-47(45-16-14-13-15-44(45)46)74-51(57)26-20-43-17-21-48(61-33-30-58-10-4)54(65-35-32-60-12-6)53(43)64-37-40-71-68-28-8-2/h7-26H,1-6,27-41H2. The summed E-state index contributed by atoms with van der Waals surface area (Å²) >= 11 is 0. The van der Waals surface area contributed by atoms with Gasteiger partial charge in [0.2, 0.25) is 11.5 Å². The summed E-state index contributed by atoms with van der Waals surface area (Å²) in [4.78, 5) is 57.5. The molecule has 396 valence electrons. The van der Waals surface area contributed by atoms with Gasteiger partial charge in [-0.15, -0.1) is 19.7 Å². The third kappa shape index (κ3) is 21.0. The first-order valence-corrected chi connectivity index (χ1v) is 23.0. The Labute approximate surface area is 430 Å². The van der Waals surface area contributed by atoms with Gasteiger partial charge < -0.3 is 52.1 Å². The first kappa shape index (κ1) is 58.5. The lowest BCUT2D eigenvalue weighted by Crippen LogP contribution is -2.13. The van der Waals surface area contributed by atoms with Crippen LogP contribution in [0.4, 0.5) is 0 Å². The maximum atomic E-state index is 13.5. The van der Waals surface area contributed by atoms with Crippen molar-refractivity contribution in [2.24, 2.45) is 0 Å². The van der Waals surface area contributed by atoms with Crippen molar-refractivity contribution < 1.29 is 91.0 Å². The number of rotatable bonds is 42. The Morgan fingerprint density at radius 2 is 0.703 bits per heavy atom. The van der Waals surface area contributed by atoms with E-state index in [1.807, 2.05) is 0 Å². The molecule has 0 radical (unpaired) electrons. The van der Waals surface area contributed by atoms with E-state index in [4.69, 9.17) is 81.4 Å². The highest BCUT2D eigenvalue weighted by Crippen LogP contribution is 2.43. The van der Waals surface area contributed by atoms with Crippen LogP contribution in [0.15, 0.2) is 149 Å². The number of carbonyl (C=O) groups is 2. The van der Waals surface area contributed by atoms with Crippen LogP contribution in [-0.4, -0.2) is 111 Å². The molecule has 74 heavy (non-hydrogen) atoms. The lowest BCUT2D eigenvalue weighted by Gasteiger charge is -2.19. The second-order valence-corrected chi connectivity index (χ2v) is 14.1. The van der Waals surface area contributed by atoms with Crippen LogP contribution in [0.3, 0.4) is 0 Å². The molecule has 0 aliphatic heterocycles. The van der Waals surface area contributed by atoms with E-state index in [2.05, 4.69) is 39.5 Å². The quantitative estimate of drug-likeness (QED) is 0.00596. The largest absolute Gasteiger partial charge is 0.498 e. The minimum atomic E-state index is -0.733. The van der Waals surface area contributed by atoms with Crippen LogP contribution < -0.4 is 37.9 Å². The molecule has 19 nitrogen and oxygen atoms in total. The topological polar surface area (TPSA) is 191 Å². The lowest BCUT2D eigenvalue weighted by atomic mass is 10.1. The number of hydrogen-bond donors (Lipinski definition) is 0. The highest BCUT2D eigenvalue weighted by atomic mass is 17.2. The normalized spacial score (nSPS) is 10.8. The van der Waals surface area contributed by atoms with Gasteiger partial charge in [0, 0.05) is 34.1 Å². The van der Waals surface area contributed by atoms with Gasteiger partial charge in [0.05, 0.1) is 18.8 Å². The Morgan fingerprint density at radius 1 is 0.365 bits per heavy atom. The summed E-state index contributed by atoms with van der Waals surface area (Å²) < 4.78 is 63.7. The zero-order chi connectivity index (χ0) is 52.9. The highest BCUT2D eigenvalue weighted by Gasteiger charge is 2.21. The number of benzene rings is 4. The fourth-order valence-corrected chi connectivity index (χ4v) is 6.04. The molecule has 0 bridgehead atoms. The molecule has 0 amide bonds. The maximum absolute atomic E-state index is 13.5. The molecule has 0 atom stereocenters. The van der Waals surface area contributed by atoms with Gasteiger partial charge in [-0.1, -0.05) is 62.2 Å². The fourth-order valence-electron chi connectivity index (χ4n) is 6.04. The molecule has 4 aromatic carbocycles. The van der Waals surface area contributed by atoms with Gasteiger partial charge in [-0.05, 0) is 48.6 Å². The Morgan fingerprint density at radius 3 is 1.08 bits per heavy atom. The fraction of sp³-hybridized carbons (Fsp3) is 0.273. The number of hydrogen-bond acceptors (Lipinski definition) is 19. The van der Waals surface area contributed by atoms with Crippen LogP contribution in [0.5, 0.6) is 46.0 Å². The summed E-state index contributed by atoms with van der Waals surface area (Å²) in [5.74, 6) is 0.455. The number of fused-ring (bicyclic) bond motifs is 1. The molecular formula is C55H62O19. The van der Waals surface area contributed by atoms with E-state index in [1.165, 1.54) is 67.4 Å². The third-order valence-corrected chi connectivity index (χ3v) is 9.04. The van der Waals surface area contributed by atoms with Crippen molar-refractivity contribution in [3.8, 4) is 46.0 Å². The van der Waals surface area contributed by atoms with Crippen molar-refractivity contribution in [3.63, 3.8) is 0 Å². The van der Waals surface area contributed by atoms with E-state index >= 15 is 0 Å². The second-order valence-electron chi connectivity index (χ2n) is 14.1. The van der Waals surface area contributed by atoms with Crippen LogP contribution in [0, 0.1) is 0 Å². The van der Waals surface area contributed by atoms with Gasteiger partial charge in [-0.2, -0.15) is 0 Å². The van der Waals surface area contributed by atoms with E-state index < -0.39 is 11.9 Å². The summed E-state index contributed by atoms with van der Waals surface area (Å²) in [5.41, 5.74) is 0.868. The summed E-state index contributed by atoms with van der Waals surface area (Å²) in [6, 6.07) is 16.7. The summed E-state index contributed by atoms with van der Waals surface area (Å²) in [5, 5.41) is 0.966. The lowest BCUT2D eigenvalue weighted by molar-refractivity contribution is -0.289. The minimum Gasteiger partial charge on any atom is -0.498 e. The Kier molecular flexibility index (Phi) is 28.4. The zero-order valence-corrected chi connectivity index (χ0v) is 41.2. The third-order valence-electron chi connectivity index (χ3n) is 9.04. The minimum absolute atomic E-state index is 0.0247. The van der Waals surface area contributed by atoms with E-state index in [-0.39, 0.29) is 134 Å². The van der Waals surface area contributed by atoms with Gasteiger partial charge in [0.25, 0.3) is 0 Å². The summed E-state index contributed by atoms with van der Waals surface area (Å²) in [7, 11) is 0. The van der Waals surface area contributed by atoms with Gasteiger partial charge >= 0.3 is 11.9 Å². The van der Waals surface area contributed by atoms with Crippen LogP contribution in [-0.2, 0) is 53.1 Å². The smallest absolute Gasteiger partial charge is 0.336 e. The van der Waals surface area contributed by atoms with E-state index in [0.29, 0.717) is 33.4 Å². The highest BCUT2D eigenvalue weighted by molar-refractivity contribution is 5.99. The second kappa shape index (κ2) is 36.0. The van der Waals surface area contributed by atoms with E-state index in [0.717, 1.165) is 0 Å². The number of esters is 2. The van der Waals surface area contributed by atoms with E-state index in [1.54, 1.807) is 54.6 Å². The van der Waals surface area contributed by atoms with Crippen molar-refractivity contribution in [3.05, 3.63) is 160 Å². The summed E-state index contributed by atoms with van der Waals surface area (Å²) in [6.07, 6.45) is 14.0. The van der Waals surface area contributed by atoms with Crippen LogP contribution >= 0.6 is 0 Å². The molecule has 0 unspecified atom stereocenters. The van der Waals surface area contributed by atoms with Gasteiger partial charge in [-0.3, -0.25) is 0 Å². The number of ether oxygens (including phenoxy) is 11. The van der Waals surface area contributed by atoms with Crippen LogP contribution in [0.25, 0.3) is 22.9 Å². The molecule has 4 rings (SSSR count). The van der Waals surface area contributed by atoms with Crippen molar-refractivity contribution in [1.82, 2.24) is 0 Å². The average Bonchev–Trinajstić information content (AvgIpc) is 3.41. The SMILES string of the molecule is C=CCOOCCOc1ccc(C=CC(=O)Oc2ccc(OC(=O)C=Cc3ccc(OCCOC=C)c(OCCOC=C)c3OCCOOCC=C)c3ccccc23)c(OCCOC=C)c1OCCOOCC=C. The molecule has 0 N–H and O–H groups in total.